The van der Waals surface area contributed by atoms with Crippen LogP contribution < -0.4 is 15.1 Å². The predicted molar refractivity (Wildman–Crippen MR) is 97.8 cm³/mol. The number of amides is 1. The second-order valence-corrected chi connectivity index (χ2v) is 7.00. The molecule has 2 saturated heterocycles. The molecule has 0 saturated carbocycles. The number of ether oxygens (including phenoxy) is 1. The number of piperazine rings is 1. The van der Waals surface area contributed by atoms with Gasteiger partial charge >= 0.3 is 6.09 Å². The number of nitrogens with one attached hydrogen (secondary N) is 1. The maximum Gasteiger partial charge on any atom is 0.414 e. The van der Waals surface area contributed by atoms with E-state index in [0.717, 1.165) is 38.3 Å². The SMILES string of the molecule is CCCC(C)C[C@H]1CN(c2ccc(N3CCNCC3)cc2)C(=O)O1. The van der Waals surface area contributed by atoms with Crippen LogP contribution in [0.2, 0.25) is 0 Å². The summed E-state index contributed by atoms with van der Waals surface area (Å²) in [6.07, 6.45) is 3.13. The normalized spacial score (nSPS) is 22.6. The van der Waals surface area contributed by atoms with E-state index < -0.39 is 0 Å². The highest BCUT2D eigenvalue weighted by molar-refractivity contribution is 5.90. The minimum absolute atomic E-state index is 0.0203. The van der Waals surface area contributed by atoms with Crippen molar-refractivity contribution in [3.63, 3.8) is 0 Å². The summed E-state index contributed by atoms with van der Waals surface area (Å²) >= 11 is 0. The summed E-state index contributed by atoms with van der Waals surface area (Å²) in [7, 11) is 0. The molecule has 2 heterocycles. The summed E-state index contributed by atoms with van der Waals surface area (Å²) in [5.41, 5.74) is 2.16. The molecule has 2 fully saturated rings. The van der Waals surface area contributed by atoms with Crippen molar-refractivity contribution < 1.29 is 9.53 Å². The third kappa shape index (κ3) is 4.01. The Morgan fingerprint density at radius 1 is 1.21 bits per heavy atom. The minimum atomic E-state index is -0.210. The molecule has 1 N–H and O–H groups in total. The molecule has 24 heavy (non-hydrogen) atoms. The summed E-state index contributed by atoms with van der Waals surface area (Å²) in [5, 5.41) is 3.36. The summed E-state index contributed by atoms with van der Waals surface area (Å²) in [6, 6.07) is 8.30. The molecule has 1 aromatic rings. The number of anilines is 2. The molecule has 1 amide bonds. The fraction of sp³-hybridized carbons (Fsp3) is 0.632. The molecule has 2 aliphatic rings. The van der Waals surface area contributed by atoms with Gasteiger partial charge in [-0.1, -0.05) is 26.7 Å². The zero-order valence-corrected chi connectivity index (χ0v) is 14.8. The lowest BCUT2D eigenvalue weighted by Gasteiger charge is -2.29. The molecule has 2 aliphatic heterocycles. The Bertz CT molecular complexity index is 540. The van der Waals surface area contributed by atoms with Crippen LogP contribution in [0.5, 0.6) is 0 Å². The van der Waals surface area contributed by atoms with Crippen LogP contribution in [0.3, 0.4) is 0 Å². The van der Waals surface area contributed by atoms with E-state index in [-0.39, 0.29) is 12.2 Å². The number of rotatable bonds is 6. The largest absolute Gasteiger partial charge is 0.444 e. The molecule has 1 aromatic carbocycles. The molecule has 0 aromatic heterocycles. The Kier molecular flexibility index (Phi) is 5.61. The van der Waals surface area contributed by atoms with Crippen molar-refractivity contribution in [3.05, 3.63) is 24.3 Å². The highest BCUT2D eigenvalue weighted by atomic mass is 16.6. The van der Waals surface area contributed by atoms with Gasteiger partial charge in [0.25, 0.3) is 0 Å². The Hall–Kier alpha value is -1.75. The Morgan fingerprint density at radius 3 is 2.54 bits per heavy atom. The number of hydrogen-bond acceptors (Lipinski definition) is 4. The highest BCUT2D eigenvalue weighted by Gasteiger charge is 2.33. The van der Waals surface area contributed by atoms with Crippen molar-refractivity contribution in [2.24, 2.45) is 5.92 Å². The van der Waals surface area contributed by atoms with Gasteiger partial charge in [-0.25, -0.2) is 4.79 Å². The minimum Gasteiger partial charge on any atom is -0.444 e. The molecule has 5 nitrogen and oxygen atoms in total. The number of carbonyl (C=O) groups excluding carboxylic acids is 1. The van der Waals surface area contributed by atoms with Crippen molar-refractivity contribution >= 4 is 17.5 Å². The monoisotopic (exact) mass is 331 g/mol. The van der Waals surface area contributed by atoms with Crippen molar-refractivity contribution in [3.8, 4) is 0 Å². The van der Waals surface area contributed by atoms with E-state index in [1.165, 1.54) is 18.5 Å². The van der Waals surface area contributed by atoms with Crippen molar-refractivity contribution in [1.82, 2.24) is 5.32 Å². The van der Waals surface area contributed by atoms with Crippen LogP contribution in [0.4, 0.5) is 16.2 Å². The third-order valence-corrected chi connectivity index (χ3v) is 4.96. The molecule has 5 heteroatoms. The number of hydrogen-bond donors (Lipinski definition) is 1. The van der Waals surface area contributed by atoms with Crippen molar-refractivity contribution in [2.45, 2.75) is 39.2 Å². The van der Waals surface area contributed by atoms with Crippen LogP contribution in [0.15, 0.2) is 24.3 Å². The van der Waals surface area contributed by atoms with E-state index >= 15 is 0 Å². The van der Waals surface area contributed by atoms with E-state index in [9.17, 15) is 4.79 Å². The van der Waals surface area contributed by atoms with Gasteiger partial charge in [-0.2, -0.15) is 0 Å². The summed E-state index contributed by atoms with van der Waals surface area (Å²) in [5.74, 6) is 0.600. The van der Waals surface area contributed by atoms with E-state index in [2.05, 4.69) is 36.2 Å². The third-order valence-electron chi connectivity index (χ3n) is 4.96. The van der Waals surface area contributed by atoms with Gasteiger partial charge in [0, 0.05) is 37.6 Å². The maximum absolute atomic E-state index is 12.2. The first-order valence-electron chi connectivity index (χ1n) is 9.21. The number of benzene rings is 1. The quantitative estimate of drug-likeness (QED) is 0.869. The van der Waals surface area contributed by atoms with Crippen LogP contribution in [-0.2, 0) is 4.74 Å². The zero-order valence-electron chi connectivity index (χ0n) is 14.8. The smallest absolute Gasteiger partial charge is 0.414 e. The first kappa shape index (κ1) is 17.1. The van der Waals surface area contributed by atoms with Crippen molar-refractivity contribution in [2.75, 3.05) is 42.5 Å². The molecular formula is C19H29N3O2. The molecule has 2 atom stereocenters. The van der Waals surface area contributed by atoms with Crippen molar-refractivity contribution in [1.29, 1.82) is 0 Å². The van der Waals surface area contributed by atoms with Gasteiger partial charge in [0.15, 0.2) is 0 Å². The molecular weight excluding hydrogens is 302 g/mol. The summed E-state index contributed by atoms with van der Waals surface area (Å²) < 4.78 is 5.56. The molecule has 132 valence electrons. The van der Waals surface area contributed by atoms with E-state index in [4.69, 9.17) is 4.74 Å². The van der Waals surface area contributed by atoms with E-state index in [0.29, 0.717) is 12.5 Å². The molecule has 3 rings (SSSR count). The lowest BCUT2D eigenvalue weighted by Crippen LogP contribution is -2.43. The van der Waals surface area contributed by atoms with E-state index in [1.54, 1.807) is 4.90 Å². The topological polar surface area (TPSA) is 44.8 Å². The molecule has 0 radical (unpaired) electrons. The van der Waals surface area contributed by atoms with Crippen LogP contribution in [0.1, 0.15) is 33.1 Å². The zero-order chi connectivity index (χ0) is 16.9. The van der Waals surface area contributed by atoms with E-state index in [1.807, 2.05) is 12.1 Å². The number of cyclic esters (lactones) is 1. The second-order valence-electron chi connectivity index (χ2n) is 7.00. The van der Waals surface area contributed by atoms with Crippen LogP contribution in [0, 0.1) is 5.92 Å². The highest BCUT2D eigenvalue weighted by Crippen LogP contribution is 2.27. The van der Waals surface area contributed by atoms with Gasteiger partial charge in [0.05, 0.1) is 6.54 Å². The van der Waals surface area contributed by atoms with Crippen LogP contribution >= 0.6 is 0 Å². The van der Waals surface area contributed by atoms with Gasteiger partial charge < -0.3 is 15.0 Å². The number of carbonyl (C=O) groups is 1. The second kappa shape index (κ2) is 7.88. The van der Waals surface area contributed by atoms with Gasteiger partial charge in [-0.05, 0) is 36.6 Å². The molecule has 0 aliphatic carbocycles. The molecule has 1 unspecified atom stereocenters. The van der Waals surface area contributed by atoms with Gasteiger partial charge in [0.1, 0.15) is 6.10 Å². The van der Waals surface area contributed by atoms with Gasteiger partial charge in [-0.15, -0.1) is 0 Å². The lowest BCUT2D eigenvalue weighted by molar-refractivity contribution is 0.126. The summed E-state index contributed by atoms with van der Waals surface area (Å²) in [6.45, 7) is 9.21. The average molecular weight is 331 g/mol. The van der Waals surface area contributed by atoms with Gasteiger partial charge in [0.2, 0.25) is 0 Å². The van der Waals surface area contributed by atoms with Gasteiger partial charge in [-0.3, -0.25) is 4.90 Å². The Labute approximate surface area is 145 Å². The summed E-state index contributed by atoms with van der Waals surface area (Å²) in [4.78, 5) is 16.3. The van der Waals surface area contributed by atoms with Crippen LogP contribution in [-0.4, -0.2) is 44.9 Å². The standard InChI is InChI=1S/C19H29N3O2/c1-3-4-15(2)13-18-14-22(19(23)24-18)17-7-5-16(6-8-17)21-11-9-20-10-12-21/h5-8,15,18,20H,3-4,9-14H2,1-2H3/t15?,18-/m0/s1. The molecule has 0 bridgehead atoms. The predicted octanol–water partition coefficient (Wildman–Crippen LogP) is 3.25. The first-order chi connectivity index (χ1) is 11.7. The first-order valence-corrected chi connectivity index (χ1v) is 9.21. The maximum atomic E-state index is 12.2. The number of nitrogens with zero attached hydrogens (tertiary/aromatic N) is 2. The lowest BCUT2D eigenvalue weighted by atomic mass is 9.99. The van der Waals surface area contributed by atoms with Crippen LogP contribution in [0.25, 0.3) is 0 Å². The molecule has 0 spiro atoms. The Balaban J connectivity index is 1.60. The fourth-order valence-corrected chi connectivity index (χ4v) is 3.68. The average Bonchev–Trinajstić information content (AvgIpc) is 2.96. The Morgan fingerprint density at radius 2 is 1.88 bits per heavy atom. The fourth-order valence-electron chi connectivity index (χ4n) is 3.68.